The molecule has 0 amide bonds. The Kier molecular flexibility index (Phi) is 7.97. The molecule has 0 fully saturated rings. The van der Waals surface area contributed by atoms with Gasteiger partial charge in [0.05, 0.1) is 31.9 Å². The molecule has 13 heteroatoms. The van der Waals surface area contributed by atoms with Crippen molar-refractivity contribution in [3.05, 3.63) is 72.1 Å². The quantitative estimate of drug-likeness (QED) is 0.294. The van der Waals surface area contributed by atoms with Gasteiger partial charge in [0, 0.05) is 25.1 Å². The molecule has 11 nitrogen and oxygen atoms in total. The lowest BCUT2D eigenvalue weighted by Gasteiger charge is -2.22. The fraction of sp³-hybridized carbons (Fsp3) is 0.320. The van der Waals surface area contributed by atoms with Gasteiger partial charge in [-0.05, 0) is 37.6 Å². The number of ether oxygens (including phenoxy) is 3. The standard InChI is InChI=1S/C25H27FN6O5S/c1-15-9-17(11-27-10-15)25-31-30-21(32(25)22-19(35-3)7-6-8-20(22)36-4)14-38(33,34)16(2)23(37-5)24-28-12-18(26)13-29-24/h6-13,16,23H,14H2,1-5H3/t16-,23-/m0/s1. The molecule has 0 spiro atoms. The average Bonchev–Trinajstić information content (AvgIpc) is 3.31. The highest BCUT2D eigenvalue weighted by atomic mass is 32.2. The minimum absolute atomic E-state index is 0.0457. The van der Waals surface area contributed by atoms with E-state index in [0.29, 0.717) is 28.6 Å². The monoisotopic (exact) mass is 542 g/mol. The largest absolute Gasteiger partial charge is 0.494 e. The fourth-order valence-electron chi connectivity index (χ4n) is 4.04. The number of para-hydroxylation sites is 1. The van der Waals surface area contributed by atoms with Gasteiger partial charge in [0.15, 0.2) is 33.1 Å². The van der Waals surface area contributed by atoms with Crippen molar-refractivity contribution in [2.24, 2.45) is 0 Å². The summed E-state index contributed by atoms with van der Waals surface area (Å²) in [5.41, 5.74) is 1.94. The molecule has 38 heavy (non-hydrogen) atoms. The number of aromatic nitrogens is 6. The molecular weight excluding hydrogens is 515 g/mol. The van der Waals surface area contributed by atoms with Crippen LogP contribution in [0.2, 0.25) is 0 Å². The number of rotatable bonds is 10. The first-order chi connectivity index (χ1) is 18.2. The molecular formula is C25H27FN6O5S. The van der Waals surface area contributed by atoms with Crippen molar-refractivity contribution in [3.8, 4) is 28.6 Å². The van der Waals surface area contributed by atoms with Gasteiger partial charge in [-0.1, -0.05) is 6.07 Å². The number of hydrogen-bond acceptors (Lipinski definition) is 10. The second-order valence-electron chi connectivity index (χ2n) is 8.47. The molecule has 0 aliphatic rings. The van der Waals surface area contributed by atoms with Crippen LogP contribution in [-0.4, -0.2) is 64.7 Å². The Labute approximate surface area is 219 Å². The molecule has 4 rings (SSSR count). The molecule has 4 aromatic rings. The van der Waals surface area contributed by atoms with E-state index in [1.54, 1.807) is 35.2 Å². The van der Waals surface area contributed by atoms with Crippen molar-refractivity contribution in [1.82, 2.24) is 29.7 Å². The molecule has 0 saturated carbocycles. The fourth-order valence-corrected chi connectivity index (χ4v) is 5.46. The minimum Gasteiger partial charge on any atom is -0.494 e. The molecule has 1 aromatic carbocycles. The summed E-state index contributed by atoms with van der Waals surface area (Å²) < 4.78 is 58.9. The van der Waals surface area contributed by atoms with E-state index in [2.05, 4.69) is 25.1 Å². The number of benzene rings is 1. The van der Waals surface area contributed by atoms with Crippen molar-refractivity contribution >= 4 is 9.84 Å². The summed E-state index contributed by atoms with van der Waals surface area (Å²) in [6, 6.07) is 7.07. The van der Waals surface area contributed by atoms with E-state index >= 15 is 0 Å². The Morgan fingerprint density at radius 3 is 2.24 bits per heavy atom. The van der Waals surface area contributed by atoms with Gasteiger partial charge in [0.2, 0.25) is 0 Å². The van der Waals surface area contributed by atoms with E-state index in [9.17, 15) is 12.8 Å². The van der Waals surface area contributed by atoms with Crippen molar-refractivity contribution in [2.75, 3.05) is 21.3 Å². The third kappa shape index (κ3) is 5.34. The number of methoxy groups -OCH3 is 3. The molecule has 0 saturated heterocycles. The first-order valence-corrected chi connectivity index (χ1v) is 13.2. The second-order valence-corrected chi connectivity index (χ2v) is 10.8. The van der Waals surface area contributed by atoms with Crippen molar-refractivity contribution in [3.63, 3.8) is 0 Å². The van der Waals surface area contributed by atoms with Crippen LogP contribution in [0.25, 0.3) is 17.1 Å². The molecule has 0 bridgehead atoms. The highest BCUT2D eigenvalue weighted by Crippen LogP contribution is 2.37. The van der Waals surface area contributed by atoms with Crippen LogP contribution in [0.3, 0.4) is 0 Å². The molecule has 0 aliphatic heterocycles. The van der Waals surface area contributed by atoms with Gasteiger partial charge in [-0.25, -0.2) is 22.8 Å². The topological polar surface area (TPSA) is 131 Å². The Morgan fingerprint density at radius 1 is 1.00 bits per heavy atom. The van der Waals surface area contributed by atoms with Crippen LogP contribution in [0, 0.1) is 12.7 Å². The summed E-state index contributed by atoms with van der Waals surface area (Å²) in [5, 5.41) is 7.49. The van der Waals surface area contributed by atoms with Gasteiger partial charge in [0.25, 0.3) is 0 Å². The Hall–Kier alpha value is -3.97. The number of pyridine rings is 1. The third-order valence-corrected chi connectivity index (χ3v) is 8.00. The number of sulfone groups is 1. The highest BCUT2D eigenvalue weighted by Gasteiger charge is 2.35. The van der Waals surface area contributed by atoms with Crippen LogP contribution in [0.5, 0.6) is 11.5 Å². The molecule has 0 radical (unpaired) electrons. The summed E-state index contributed by atoms with van der Waals surface area (Å²) in [5.74, 6) is 0.209. The van der Waals surface area contributed by atoms with Crippen molar-refractivity contribution < 1.29 is 27.0 Å². The summed E-state index contributed by atoms with van der Waals surface area (Å²) in [6.45, 7) is 3.36. The summed E-state index contributed by atoms with van der Waals surface area (Å²) in [4.78, 5) is 12.1. The van der Waals surface area contributed by atoms with Gasteiger partial charge < -0.3 is 14.2 Å². The maximum atomic E-state index is 13.7. The van der Waals surface area contributed by atoms with Gasteiger partial charge >= 0.3 is 0 Å². The highest BCUT2D eigenvalue weighted by molar-refractivity contribution is 7.91. The Bertz CT molecular complexity index is 1510. The van der Waals surface area contributed by atoms with Crippen LogP contribution >= 0.6 is 0 Å². The minimum atomic E-state index is -3.95. The number of aryl methyl sites for hydroxylation is 1. The molecule has 3 heterocycles. The molecule has 200 valence electrons. The lowest BCUT2D eigenvalue weighted by molar-refractivity contribution is 0.0946. The number of nitrogens with zero attached hydrogens (tertiary/aromatic N) is 6. The summed E-state index contributed by atoms with van der Waals surface area (Å²) in [6.07, 6.45) is 4.19. The maximum absolute atomic E-state index is 13.7. The van der Waals surface area contributed by atoms with Crippen molar-refractivity contribution in [1.29, 1.82) is 0 Å². The second kappa shape index (κ2) is 11.2. The normalized spacial score (nSPS) is 13.2. The van der Waals surface area contributed by atoms with E-state index in [4.69, 9.17) is 14.2 Å². The van der Waals surface area contributed by atoms with E-state index < -0.39 is 32.8 Å². The first kappa shape index (κ1) is 27.1. The summed E-state index contributed by atoms with van der Waals surface area (Å²) in [7, 11) is 0.395. The zero-order valence-corrected chi connectivity index (χ0v) is 22.3. The lowest BCUT2D eigenvalue weighted by atomic mass is 10.2. The van der Waals surface area contributed by atoms with Crippen LogP contribution in [0.1, 0.15) is 30.2 Å². The Balaban J connectivity index is 1.84. The molecule has 3 aromatic heterocycles. The SMILES string of the molecule is COc1cccc(OC)c1-n1c(CS(=O)(=O)[C@@H](C)[C@H](OC)c2ncc(F)cn2)nnc1-c1cncc(C)c1. The summed E-state index contributed by atoms with van der Waals surface area (Å²) >= 11 is 0. The zero-order valence-electron chi connectivity index (χ0n) is 21.5. The van der Waals surface area contributed by atoms with Crippen LogP contribution in [0.4, 0.5) is 4.39 Å². The first-order valence-electron chi connectivity index (χ1n) is 11.5. The van der Waals surface area contributed by atoms with E-state index in [1.807, 2.05) is 13.0 Å². The average molecular weight is 543 g/mol. The third-order valence-electron chi connectivity index (χ3n) is 5.96. The van der Waals surface area contributed by atoms with E-state index in [1.165, 1.54) is 28.3 Å². The van der Waals surface area contributed by atoms with Crippen LogP contribution in [-0.2, 0) is 20.3 Å². The van der Waals surface area contributed by atoms with E-state index in [-0.39, 0.29) is 11.6 Å². The van der Waals surface area contributed by atoms with E-state index in [0.717, 1.165) is 18.0 Å². The molecule has 0 unspecified atom stereocenters. The smallest absolute Gasteiger partial charge is 0.170 e. The van der Waals surface area contributed by atoms with Crippen LogP contribution in [0.15, 0.2) is 49.1 Å². The van der Waals surface area contributed by atoms with Gasteiger partial charge in [-0.3, -0.25) is 9.55 Å². The molecule has 0 N–H and O–H groups in total. The van der Waals surface area contributed by atoms with Gasteiger partial charge in [-0.2, -0.15) is 0 Å². The lowest BCUT2D eigenvalue weighted by Crippen LogP contribution is -2.30. The predicted molar refractivity (Wildman–Crippen MR) is 136 cm³/mol. The molecule has 2 atom stereocenters. The maximum Gasteiger partial charge on any atom is 0.170 e. The van der Waals surface area contributed by atoms with Gasteiger partial charge in [-0.15, -0.1) is 10.2 Å². The predicted octanol–water partition coefficient (Wildman–Crippen LogP) is 3.28. The Morgan fingerprint density at radius 2 is 1.66 bits per heavy atom. The zero-order chi connectivity index (χ0) is 27.4. The van der Waals surface area contributed by atoms with Gasteiger partial charge in [0.1, 0.15) is 29.0 Å². The van der Waals surface area contributed by atoms with Crippen molar-refractivity contribution in [2.45, 2.75) is 31.0 Å². The molecule has 0 aliphatic carbocycles. The number of hydrogen-bond donors (Lipinski definition) is 0. The van der Waals surface area contributed by atoms with Crippen LogP contribution < -0.4 is 9.47 Å². The number of halogens is 1.